The summed E-state index contributed by atoms with van der Waals surface area (Å²) in [6.45, 7) is 5.06. The summed E-state index contributed by atoms with van der Waals surface area (Å²) in [4.78, 5) is 21.9. The Kier molecular flexibility index (Phi) is 4.59. The zero-order chi connectivity index (χ0) is 15.3. The molecule has 0 aliphatic heterocycles. The second-order valence-electron chi connectivity index (χ2n) is 5.02. The van der Waals surface area contributed by atoms with Crippen LogP contribution < -0.4 is 0 Å². The number of nitro groups is 1. The second kappa shape index (κ2) is 5.97. The topological polar surface area (TPSA) is 93.2 Å². The largest absolute Gasteiger partial charge is 0.456 e. The van der Waals surface area contributed by atoms with E-state index >= 15 is 0 Å². The van der Waals surface area contributed by atoms with Gasteiger partial charge in [-0.2, -0.15) is 5.26 Å². The van der Waals surface area contributed by atoms with Crippen molar-refractivity contribution in [3.8, 4) is 6.07 Å². The molecule has 6 nitrogen and oxygen atoms in total. The molecule has 0 saturated carbocycles. The SMILES string of the molecule is CC(C)(C)OC(=O)/C(C#N)=C\c1cccc([N+](=O)[O-])c1. The molecule has 1 aromatic carbocycles. The van der Waals surface area contributed by atoms with Gasteiger partial charge in [-0.05, 0) is 32.4 Å². The molecule has 20 heavy (non-hydrogen) atoms. The summed E-state index contributed by atoms with van der Waals surface area (Å²) in [5.41, 5.74) is -0.641. The number of nitriles is 1. The standard InChI is InChI=1S/C14H14N2O4/c1-14(2,3)20-13(17)11(9-15)7-10-5-4-6-12(8-10)16(18)19/h4-8H,1-3H3/b11-7-. The molecular formula is C14H14N2O4. The van der Waals surface area contributed by atoms with Crippen LogP contribution in [0.3, 0.4) is 0 Å². The Morgan fingerprint density at radius 2 is 2.10 bits per heavy atom. The number of benzene rings is 1. The van der Waals surface area contributed by atoms with E-state index in [-0.39, 0.29) is 11.3 Å². The zero-order valence-electron chi connectivity index (χ0n) is 11.4. The van der Waals surface area contributed by atoms with E-state index in [2.05, 4.69) is 0 Å². The molecule has 0 amide bonds. The minimum absolute atomic E-state index is 0.111. The van der Waals surface area contributed by atoms with Crippen LogP contribution in [-0.4, -0.2) is 16.5 Å². The average Bonchev–Trinajstić information content (AvgIpc) is 2.34. The highest BCUT2D eigenvalue weighted by molar-refractivity contribution is 5.98. The maximum atomic E-state index is 11.8. The molecule has 1 rings (SSSR count). The molecule has 6 heteroatoms. The van der Waals surface area contributed by atoms with Gasteiger partial charge in [0, 0.05) is 12.1 Å². The fourth-order valence-corrected chi connectivity index (χ4v) is 1.36. The van der Waals surface area contributed by atoms with E-state index in [9.17, 15) is 14.9 Å². The lowest BCUT2D eigenvalue weighted by Crippen LogP contribution is -2.24. The second-order valence-corrected chi connectivity index (χ2v) is 5.02. The summed E-state index contributed by atoms with van der Waals surface area (Å²) in [6, 6.07) is 7.39. The summed E-state index contributed by atoms with van der Waals surface area (Å²) in [6.07, 6.45) is 1.26. The monoisotopic (exact) mass is 274 g/mol. The first kappa shape index (κ1) is 15.4. The van der Waals surface area contributed by atoms with E-state index < -0.39 is 16.5 Å². The summed E-state index contributed by atoms with van der Waals surface area (Å²) >= 11 is 0. The van der Waals surface area contributed by atoms with E-state index in [1.165, 1.54) is 24.3 Å². The first-order chi connectivity index (χ1) is 9.23. The van der Waals surface area contributed by atoms with Gasteiger partial charge in [-0.3, -0.25) is 10.1 Å². The minimum atomic E-state index is -0.758. The van der Waals surface area contributed by atoms with Gasteiger partial charge in [0.25, 0.3) is 5.69 Å². The smallest absolute Gasteiger partial charge is 0.349 e. The number of nitrogens with zero attached hydrogens (tertiary/aromatic N) is 2. The Hall–Kier alpha value is -2.68. The van der Waals surface area contributed by atoms with Gasteiger partial charge in [0.1, 0.15) is 17.2 Å². The van der Waals surface area contributed by atoms with Crippen molar-refractivity contribution >= 4 is 17.7 Å². The first-order valence-corrected chi connectivity index (χ1v) is 5.82. The number of esters is 1. The molecule has 0 unspecified atom stereocenters. The summed E-state index contributed by atoms with van der Waals surface area (Å²) < 4.78 is 5.08. The molecule has 0 heterocycles. The third-order valence-electron chi connectivity index (χ3n) is 2.13. The van der Waals surface area contributed by atoms with Crippen LogP contribution in [0.25, 0.3) is 6.08 Å². The number of non-ortho nitro benzene ring substituents is 1. The predicted molar refractivity (Wildman–Crippen MR) is 72.5 cm³/mol. The number of hydrogen-bond donors (Lipinski definition) is 0. The number of nitro benzene ring substituents is 1. The highest BCUT2D eigenvalue weighted by Gasteiger charge is 2.20. The van der Waals surface area contributed by atoms with Crippen LogP contribution in [0.4, 0.5) is 5.69 Å². The van der Waals surface area contributed by atoms with Crippen molar-refractivity contribution in [3.63, 3.8) is 0 Å². The van der Waals surface area contributed by atoms with Crippen LogP contribution in [0, 0.1) is 21.4 Å². The van der Waals surface area contributed by atoms with Gasteiger partial charge in [-0.25, -0.2) is 4.79 Å². The van der Waals surface area contributed by atoms with Crippen LogP contribution in [0.15, 0.2) is 29.8 Å². The van der Waals surface area contributed by atoms with Crippen molar-refractivity contribution in [1.29, 1.82) is 5.26 Å². The molecule has 0 bridgehead atoms. The third-order valence-corrected chi connectivity index (χ3v) is 2.13. The average molecular weight is 274 g/mol. The Morgan fingerprint density at radius 3 is 2.60 bits per heavy atom. The molecule has 0 aliphatic rings. The summed E-state index contributed by atoms with van der Waals surface area (Å²) in [5, 5.41) is 19.6. The third kappa shape index (κ3) is 4.53. The van der Waals surface area contributed by atoms with E-state index in [1.54, 1.807) is 32.9 Å². The van der Waals surface area contributed by atoms with E-state index in [1.807, 2.05) is 0 Å². The number of ether oxygens (including phenoxy) is 1. The summed E-state index contributed by atoms with van der Waals surface area (Å²) in [5.74, 6) is -0.758. The molecule has 1 aromatic rings. The Bertz CT molecular complexity index is 606. The molecular weight excluding hydrogens is 260 g/mol. The normalized spacial score (nSPS) is 11.6. The van der Waals surface area contributed by atoms with E-state index in [0.717, 1.165) is 0 Å². The van der Waals surface area contributed by atoms with Gasteiger partial charge < -0.3 is 4.74 Å². The van der Waals surface area contributed by atoms with Gasteiger partial charge in [-0.1, -0.05) is 12.1 Å². The highest BCUT2D eigenvalue weighted by Crippen LogP contribution is 2.17. The number of hydrogen-bond acceptors (Lipinski definition) is 5. The number of carbonyl (C=O) groups is 1. The quantitative estimate of drug-likeness (QED) is 0.278. The van der Waals surface area contributed by atoms with Gasteiger partial charge in [-0.15, -0.1) is 0 Å². The molecule has 0 aliphatic carbocycles. The van der Waals surface area contributed by atoms with Crippen molar-refractivity contribution in [3.05, 3.63) is 45.5 Å². The van der Waals surface area contributed by atoms with Crippen molar-refractivity contribution in [2.24, 2.45) is 0 Å². The molecule has 104 valence electrons. The molecule has 0 N–H and O–H groups in total. The van der Waals surface area contributed by atoms with Crippen molar-refractivity contribution in [1.82, 2.24) is 0 Å². The number of carbonyl (C=O) groups excluding carboxylic acids is 1. The number of rotatable bonds is 3. The lowest BCUT2D eigenvalue weighted by atomic mass is 10.1. The maximum Gasteiger partial charge on any atom is 0.349 e. The van der Waals surface area contributed by atoms with Gasteiger partial charge >= 0.3 is 5.97 Å². The lowest BCUT2D eigenvalue weighted by Gasteiger charge is -2.18. The van der Waals surface area contributed by atoms with Crippen LogP contribution in [0.2, 0.25) is 0 Å². The van der Waals surface area contributed by atoms with Crippen LogP contribution in [0.1, 0.15) is 26.3 Å². The van der Waals surface area contributed by atoms with E-state index in [0.29, 0.717) is 5.56 Å². The van der Waals surface area contributed by atoms with Gasteiger partial charge in [0.15, 0.2) is 0 Å². The highest BCUT2D eigenvalue weighted by atomic mass is 16.6. The Balaban J connectivity index is 3.07. The molecule has 0 radical (unpaired) electrons. The Labute approximate surface area is 116 Å². The molecule has 0 aromatic heterocycles. The Morgan fingerprint density at radius 1 is 1.45 bits per heavy atom. The van der Waals surface area contributed by atoms with Crippen LogP contribution >= 0.6 is 0 Å². The molecule has 0 fully saturated rings. The minimum Gasteiger partial charge on any atom is -0.456 e. The van der Waals surface area contributed by atoms with Crippen molar-refractivity contribution in [2.75, 3.05) is 0 Å². The summed E-state index contributed by atoms with van der Waals surface area (Å²) in [7, 11) is 0. The lowest BCUT2D eigenvalue weighted by molar-refractivity contribution is -0.384. The predicted octanol–water partition coefficient (Wildman–Crippen LogP) is 2.84. The molecule has 0 saturated heterocycles. The fourth-order valence-electron chi connectivity index (χ4n) is 1.36. The van der Waals surface area contributed by atoms with Crippen LogP contribution in [-0.2, 0) is 9.53 Å². The van der Waals surface area contributed by atoms with Crippen molar-refractivity contribution < 1.29 is 14.5 Å². The fraction of sp³-hybridized carbons (Fsp3) is 0.286. The molecule has 0 atom stereocenters. The van der Waals surface area contributed by atoms with Crippen LogP contribution in [0.5, 0.6) is 0 Å². The zero-order valence-corrected chi connectivity index (χ0v) is 11.4. The first-order valence-electron chi connectivity index (χ1n) is 5.82. The van der Waals surface area contributed by atoms with Gasteiger partial charge in [0.2, 0.25) is 0 Å². The van der Waals surface area contributed by atoms with E-state index in [4.69, 9.17) is 10.00 Å². The van der Waals surface area contributed by atoms with Gasteiger partial charge in [0.05, 0.1) is 4.92 Å². The maximum absolute atomic E-state index is 11.8. The van der Waals surface area contributed by atoms with Crippen molar-refractivity contribution in [2.45, 2.75) is 26.4 Å². The molecule has 0 spiro atoms.